The van der Waals surface area contributed by atoms with E-state index in [1.165, 1.54) is 6.92 Å². The third-order valence-corrected chi connectivity index (χ3v) is 0. The Morgan fingerprint density at radius 1 is 1.62 bits per heavy atom. The highest BCUT2D eigenvalue weighted by Gasteiger charge is 1.34. The van der Waals surface area contributed by atoms with Gasteiger partial charge in [0.25, 0.3) is 0 Å². The molecule has 0 aromatic heterocycles. The lowest BCUT2D eigenvalue weighted by Crippen LogP contribution is -1.57. The van der Waals surface area contributed by atoms with Crippen LogP contribution in [0.4, 0.5) is 0 Å². The third kappa shape index (κ3) is 258. The average Bonchev–Trinajstić information content (AvgIpc) is 1.75. The summed E-state index contributed by atoms with van der Waals surface area (Å²) in [5.41, 5.74) is 0. The van der Waals surface area contributed by atoms with Gasteiger partial charge in [0, 0.05) is 6.61 Å². The molecule has 0 radical (unpaired) electrons. The Bertz CT molecular complexity index is 27.7. The van der Waals surface area contributed by atoms with Crippen molar-refractivity contribution in [3.05, 3.63) is 13.2 Å². The first kappa shape index (κ1) is 15.7. The largest absolute Gasteiger partial charge is 0.397 e. The van der Waals surface area contributed by atoms with E-state index in [0.717, 1.165) is 6.29 Å². The Balaban J connectivity index is -0.0000000483. The molecule has 0 bridgehead atoms. The third-order valence-electron chi connectivity index (χ3n) is 0. The van der Waals surface area contributed by atoms with Gasteiger partial charge >= 0.3 is 0 Å². The smallest absolute Gasteiger partial charge is 0.116 e. The number of carbonyl (C=O) groups excluding carboxylic acids is 1. The van der Waals surface area contributed by atoms with E-state index in [2.05, 4.69) is 13.2 Å². The molecule has 0 aromatic rings. The van der Waals surface area contributed by atoms with Crippen LogP contribution in [0.15, 0.2) is 13.2 Å². The summed E-state index contributed by atoms with van der Waals surface area (Å²) >= 11 is 0. The summed E-state index contributed by atoms with van der Waals surface area (Å²) in [7, 11) is 0. The standard InChI is InChI=1S/C2H6O.C2H4O.C2H4/c2*1-2-3;1-2/h3H,2H2,1H3;2H,1H3;1-2H2. The molecule has 0 aliphatic carbocycles. The van der Waals surface area contributed by atoms with Crippen molar-refractivity contribution < 1.29 is 9.90 Å². The molecule has 2 heteroatoms. The van der Waals surface area contributed by atoms with Crippen LogP contribution in [0.25, 0.3) is 0 Å². The molecule has 0 fully saturated rings. The number of hydrogen-bond acceptors (Lipinski definition) is 2. The topological polar surface area (TPSA) is 37.3 Å². The van der Waals surface area contributed by atoms with Crippen LogP contribution in [0.5, 0.6) is 0 Å². The zero-order chi connectivity index (χ0) is 7.41. The monoisotopic (exact) mass is 118 g/mol. The summed E-state index contributed by atoms with van der Waals surface area (Å²) in [4.78, 5) is 8.81. The molecule has 2 nitrogen and oxygen atoms in total. The fourth-order valence-corrected chi connectivity index (χ4v) is 0. The second-order valence-corrected chi connectivity index (χ2v) is 0.552. The molecule has 0 aromatic carbocycles. The van der Waals surface area contributed by atoms with Crippen molar-refractivity contribution in [3.63, 3.8) is 0 Å². The summed E-state index contributed by atoms with van der Waals surface area (Å²) in [5.74, 6) is 0. The van der Waals surface area contributed by atoms with Gasteiger partial charge in [0.1, 0.15) is 6.29 Å². The molecular formula is C6H14O2. The summed E-state index contributed by atoms with van der Waals surface area (Å²) in [6.07, 6.45) is 0.750. The minimum Gasteiger partial charge on any atom is -0.397 e. The maximum absolute atomic E-state index is 8.81. The van der Waals surface area contributed by atoms with Gasteiger partial charge in [0.2, 0.25) is 0 Å². The summed E-state index contributed by atoms with van der Waals surface area (Å²) in [6.45, 7) is 9.38. The molecule has 0 aliphatic rings. The lowest BCUT2D eigenvalue weighted by molar-refractivity contribution is -0.106. The van der Waals surface area contributed by atoms with Crippen molar-refractivity contribution in [1.29, 1.82) is 0 Å². The zero-order valence-corrected chi connectivity index (χ0v) is 5.55. The minimum absolute atomic E-state index is 0.250. The van der Waals surface area contributed by atoms with Crippen LogP contribution < -0.4 is 0 Å². The predicted octanol–water partition coefficient (Wildman–Crippen LogP) is 1.01. The van der Waals surface area contributed by atoms with Crippen LogP contribution in [-0.4, -0.2) is 18.0 Å². The van der Waals surface area contributed by atoms with E-state index < -0.39 is 0 Å². The number of aliphatic hydroxyl groups is 1. The summed E-state index contributed by atoms with van der Waals surface area (Å²) in [6, 6.07) is 0. The first-order chi connectivity index (χ1) is 3.83. The van der Waals surface area contributed by atoms with Gasteiger partial charge in [-0.05, 0) is 13.8 Å². The quantitative estimate of drug-likeness (QED) is 0.380. The van der Waals surface area contributed by atoms with Crippen LogP contribution >= 0.6 is 0 Å². The molecular weight excluding hydrogens is 104 g/mol. The van der Waals surface area contributed by atoms with Gasteiger partial charge in [0.15, 0.2) is 0 Å². The molecule has 1 N–H and O–H groups in total. The van der Waals surface area contributed by atoms with Crippen molar-refractivity contribution >= 4 is 6.29 Å². The number of aliphatic hydroxyl groups excluding tert-OH is 1. The van der Waals surface area contributed by atoms with Crippen LogP contribution in [-0.2, 0) is 4.79 Å². The molecule has 0 saturated carbocycles. The normalized spacial score (nSPS) is 4.38. The lowest BCUT2D eigenvalue weighted by atomic mass is 10.9. The van der Waals surface area contributed by atoms with Gasteiger partial charge in [0.05, 0.1) is 0 Å². The molecule has 50 valence electrons. The Morgan fingerprint density at radius 3 is 1.62 bits per heavy atom. The van der Waals surface area contributed by atoms with Crippen molar-refractivity contribution in [1.82, 2.24) is 0 Å². The maximum Gasteiger partial charge on any atom is 0.116 e. The van der Waals surface area contributed by atoms with E-state index in [1.54, 1.807) is 6.92 Å². The van der Waals surface area contributed by atoms with E-state index in [-0.39, 0.29) is 6.61 Å². The van der Waals surface area contributed by atoms with Crippen LogP contribution in [0.1, 0.15) is 13.8 Å². The molecule has 0 heterocycles. The maximum atomic E-state index is 8.81. The van der Waals surface area contributed by atoms with Gasteiger partial charge in [-0.2, -0.15) is 0 Å². The van der Waals surface area contributed by atoms with E-state index in [0.29, 0.717) is 0 Å². The lowest BCUT2D eigenvalue weighted by Gasteiger charge is -1.52. The molecule has 0 rings (SSSR count). The molecule has 8 heavy (non-hydrogen) atoms. The number of hydrogen-bond donors (Lipinski definition) is 1. The van der Waals surface area contributed by atoms with Gasteiger partial charge in [-0.1, -0.05) is 0 Å². The van der Waals surface area contributed by atoms with Crippen molar-refractivity contribution in [2.24, 2.45) is 0 Å². The first-order valence-corrected chi connectivity index (χ1v) is 2.34. The van der Waals surface area contributed by atoms with E-state index >= 15 is 0 Å². The molecule has 0 amide bonds. The molecule has 0 saturated heterocycles. The van der Waals surface area contributed by atoms with Gasteiger partial charge in [-0.25, -0.2) is 0 Å². The highest BCUT2D eigenvalue weighted by molar-refractivity contribution is 5.44. The van der Waals surface area contributed by atoms with Crippen molar-refractivity contribution in [3.8, 4) is 0 Å². The zero-order valence-electron chi connectivity index (χ0n) is 5.55. The Kier molecular flexibility index (Phi) is 192. The number of rotatable bonds is 0. The Hall–Kier alpha value is -0.630. The molecule has 0 aliphatic heterocycles. The summed E-state index contributed by atoms with van der Waals surface area (Å²) in [5, 5.41) is 7.57. The van der Waals surface area contributed by atoms with Crippen LogP contribution in [0.2, 0.25) is 0 Å². The summed E-state index contributed by atoms with van der Waals surface area (Å²) < 4.78 is 0. The van der Waals surface area contributed by atoms with Gasteiger partial charge in [-0.15, -0.1) is 13.2 Å². The molecule has 0 unspecified atom stereocenters. The van der Waals surface area contributed by atoms with E-state index in [9.17, 15) is 0 Å². The number of carbonyl (C=O) groups is 1. The highest BCUT2D eigenvalue weighted by atomic mass is 16.2. The van der Waals surface area contributed by atoms with Gasteiger partial charge in [-0.3, -0.25) is 0 Å². The van der Waals surface area contributed by atoms with Crippen LogP contribution in [0, 0.1) is 0 Å². The SMILES string of the molecule is C=C.CC=O.CCO. The predicted molar refractivity (Wildman–Crippen MR) is 35.8 cm³/mol. The fourth-order valence-electron chi connectivity index (χ4n) is 0. The Morgan fingerprint density at radius 2 is 1.62 bits per heavy atom. The second kappa shape index (κ2) is 97.9. The average molecular weight is 118 g/mol. The molecule has 0 atom stereocenters. The molecule has 0 spiro atoms. The highest BCUT2D eigenvalue weighted by Crippen LogP contribution is 1.30. The second-order valence-electron chi connectivity index (χ2n) is 0.552. The van der Waals surface area contributed by atoms with E-state index in [4.69, 9.17) is 9.90 Å². The Labute approximate surface area is 50.8 Å². The van der Waals surface area contributed by atoms with E-state index in [1.807, 2.05) is 0 Å². The van der Waals surface area contributed by atoms with Gasteiger partial charge < -0.3 is 9.90 Å². The van der Waals surface area contributed by atoms with Crippen molar-refractivity contribution in [2.75, 3.05) is 6.61 Å². The van der Waals surface area contributed by atoms with Crippen molar-refractivity contribution in [2.45, 2.75) is 13.8 Å². The minimum atomic E-state index is 0.250. The fraction of sp³-hybridized carbons (Fsp3) is 0.500. The number of aldehydes is 1. The van der Waals surface area contributed by atoms with Crippen LogP contribution in [0.3, 0.4) is 0 Å². The first-order valence-electron chi connectivity index (χ1n) is 2.34.